The lowest BCUT2D eigenvalue weighted by Crippen LogP contribution is -2.28. The van der Waals surface area contributed by atoms with Gasteiger partial charge in [-0.3, -0.25) is 10.1 Å². The Kier molecular flexibility index (Phi) is 3.58. The van der Waals surface area contributed by atoms with Crippen molar-refractivity contribution in [3.8, 4) is 5.75 Å². The van der Waals surface area contributed by atoms with Crippen molar-refractivity contribution >= 4 is 5.69 Å². The van der Waals surface area contributed by atoms with Gasteiger partial charge < -0.3 is 10.1 Å². The summed E-state index contributed by atoms with van der Waals surface area (Å²) in [5.74, 6) is 0.365. The molecule has 1 unspecified atom stereocenters. The van der Waals surface area contributed by atoms with Gasteiger partial charge in [0.05, 0.1) is 4.92 Å². The Bertz CT molecular complexity index is 414. The number of hydrogen-bond donors (Lipinski definition) is 1. The minimum atomic E-state index is -0.382. The second-order valence-electron chi connectivity index (χ2n) is 4.28. The highest BCUT2D eigenvalue weighted by molar-refractivity contribution is 5.52. The monoisotopic (exact) mass is 236 g/mol. The van der Waals surface area contributed by atoms with Gasteiger partial charge in [-0.15, -0.1) is 0 Å². The molecule has 1 fully saturated rings. The number of nitro groups is 1. The van der Waals surface area contributed by atoms with Gasteiger partial charge in [0.1, 0.15) is 6.61 Å². The molecule has 1 aromatic rings. The number of aryl methyl sites for hydroxylation is 1. The van der Waals surface area contributed by atoms with E-state index in [4.69, 9.17) is 4.74 Å². The van der Waals surface area contributed by atoms with Crippen LogP contribution in [0.15, 0.2) is 18.2 Å². The summed E-state index contributed by atoms with van der Waals surface area (Å²) < 4.78 is 5.56. The lowest BCUT2D eigenvalue weighted by Gasteiger charge is -2.12. The Morgan fingerprint density at radius 3 is 3.06 bits per heavy atom. The third kappa shape index (κ3) is 2.74. The summed E-state index contributed by atoms with van der Waals surface area (Å²) in [7, 11) is 0. The second kappa shape index (κ2) is 5.14. The summed E-state index contributed by atoms with van der Waals surface area (Å²) in [5, 5.41) is 14.2. The molecule has 1 aromatic carbocycles. The highest BCUT2D eigenvalue weighted by Gasteiger charge is 2.20. The molecule has 0 saturated carbocycles. The van der Waals surface area contributed by atoms with E-state index < -0.39 is 0 Å². The fraction of sp³-hybridized carbons (Fsp3) is 0.500. The molecule has 1 N–H and O–H groups in total. The first-order valence-corrected chi connectivity index (χ1v) is 5.78. The molecule has 0 bridgehead atoms. The maximum Gasteiger partial charge on any atom is 0.313 e. The zero-order chi connectivity index (χ0) is 12.3. The van der Waals surface area contributed by atoms with Crippen LogP contribution in [0.5, 0.6) is 5.75 Å². The fourth-order valence-electron chi connectivity index (χ4n) is 2.07. The van der Waals surface area contributed by atoms with Gasteiger partial charge in [0.25, 0.3) is 0 Å². The van der Waals surface area contributed by atoms with Crippen LogP contribution in [0.1, 0.15) is 18.4 Å². The van der Waals surface area contributed by atoms with E-state index in [0.717, 1.165) is 19.4 Å². The molecular formula is C12H16N2O3. The minimum Gasteiger partial charge on any atom is -0.485 e. The number of nitro benzene ring substituents is 1. The summed E-state index contributed by atoms with van der Waals surface area (Å²) in [6.45, 7) is 3.22. The molecule has 5 heteroatoms. The molecule has 0 spiro atoms. The van der Waals surface area contributed by atoms with E-state index in [-0.39, 0.29) is 10.6 Å². The van der Waals surface area contributed by atoms with Crippen LogP contribution in [-0.4, -0.2) is 24.1 Å². The van der Waals surface area contributed by atoms with E-state index in [2.05, 4.69) is 5.32 Å². The van der Waals surface area contributed by atoms with Gasteiger partial charge in [-0.25, -0.2) is 0 Å². The van der Waals surface area contributed by atoms with Crippen molar-refractivity contribution in [3.05, 3.63) is 33.9 Å². The van der Waals surface area contributed by atoms with Crippen molar-refractivity contribution < 1.29 is 9.66 Å². The molecule has 17 heavy (non-hydrogen) atoms. The molecule has 1 saturated heterocycles. The Labute approximate surface area is 99.9 Å². The minimum absolute atomic E-state index is 0.0745. The highest BCUT2D eigenvalue weighted by atomic mass is 16.6. The molecular weight excluding hydrogens is 220 g/mol. The van der Waals surface area contributed by atoms with E-state index >= 15 is 0 Å². The van der Waals surface area contributed by atoms with Gasteiger partial charge in [-0.05, 0) is 32.4 Å². The first kappa shape index (κ1) is 11.9. The van der Waals surface area contributed by atoms with Crippen LogP contribution in [-0.2, 0) is 0 Å². The maximum atomic E-state index is 10.9. The Balaban J connectivity index is 2.09. The molecule has 1 aliphatic heterocycles. The van der Waals surface area contributed by atoms with Crippen molar-refractivity contribution in [1.29, 1.82) is 0 Å². The summed E-state index contributed by atoms with van der Waals surface area (Å²) in [6, 6.07) is 5.47. The second-order valence-corrected chi connectivity index (χ2v) is 4.28. The third-order valence-corrected chi connectivity index (χ3v) is 2.99. The highest BCUT2D eigenvalue weighted by Crippen LogP contribution is 2.30. The SMILES string of the molecule is Cc1cccc(OCC2CCCN2)c1[N+](=O)[O-]. The van der Waals surface area contributed by atoms with Crippen molar-refractivity contribution in [2.24, 2.45) is 0 Å². The molecule has 5 nitrogen and oxygen atoms in total. The van der Waals surface area contributed by atoms with Gasteiger partial charge in [0.15, 0.2) is 5.75 Å². The fourth-order valence-corrected chi connectivity index (χ4v) is 2.07. The predicted octanol–water partition coefficient (Wildman–Crippen LogP) is 2.03. The van der Waals surface area contributed by atoms with Crippen molar-refractivity contribution in [3.63, 3.8) is 0 Å². The third-order valence-electron chi connectivity index (χ3n) is 2.99. The summed E-state index contributed by atoms with van der Waals surface area (Å²) in [6.07, 6.45) is 2.21. The Morgan fingerprint density at radius 1 is 1.59 bits per heavy atom. The predicted molar refractivity (Wildman–Crippen MR) is 64.4 cm³/mol. The van der Waals surface area contributed by atoms with E-state index in [1.165, 1.54) is 0 Å². The number of para-hydroxylation sites is 1. The Morgan fingerprint density at radius 2 is 2.41 bits per heavy atom. The summed E-state index contributed by atoms with van der Waals surface area (Å²) in [5.41, 5.74) is 0.706. The van der Waals surface area contributed by atoms with Crippen LogP contribution in [0.2, 0.25) is 0 Å². The van der Waals surface area contributed by atoms with Gasteiger partial charge >= 0.3 is 5.69 Å². The van der Waals surface area contributed by atoms with Crippen LogP contribution < -0.4 is 10.1 Å². The first-order valence-electron chi connectivity index (χ1n) is 5.78. The van der Waals surface area contributed by atoms with Gasteiger partial charge in [-0.1, -0.05) is 12.1 Å². The average molecular weight is 236 g/mol. The number of ether oxygens (including phenoxy) is 1. The molecule has 2 rings (SSSR count). The Hall–Kier alpha value is -1.62. The maximum absolute atomic E-state index is 10.9. The number of benzene rings is 1. The van der Waals surface area contributed by atoms with Crippen LogP contribution in [0.25, 0.3) is 0 Å². The van der Waals surface area contributed by atoms with E-state index in [0.29, 0.717) is 24.0 Å². The van der Waals surface area contributed by atoms with Gasteiger partial charge in [0.2, 0.25) is 0 Å². The molecule has 1 heterocycles. The molecule has 1 atom stereocenters. The molecule has 0 radical (unpaired) electrons. The smallest absolute Gasteiger partial charge is 0.313 e. The van der Waals surface area contributed by atoms with E-state index in [1.54, 1.807) is 25.1 Å². The van der Waals surface area contributed by atoms with E-state index in [1.807, 2.05) is 0 Å². The van der Waals surface area contributed by atoms with Gasteiger partial charge in [0, 0.05) is 11.6 Å². The number of rotatable bonds is 4. The summed E-state index contributed by atoms with van der Waals surface area (Å²) >= 11 is 0. The largest absolute Gasteiger partial charge is 0.485 e. The molecule has 0 amide bonds. The number of nitrogens with zero attached hydrogens (tertiary/aromatic N) is 1. The molecule has 0 aliphatic carbocycles. The summed E-state index contributed by atoms with van der Waals surface area (Å²) in [4.78, 5) is 10.6. The zero-order valence-electron chi connectivity index (χ0n) is 9.81. The van der Waals surface area contributed by atoms with Crippen LogP contribution in [0, 0.1) is 17.0 Å². The van der Waals surface area contributed by atoms with Gasteiger partial charge in [-0.2, -0.15) is 0 Å². The lowest BCUT2D eigenvalue weighted by atomic mass is 10.2. The molecule has 0 aromatic heterocycles. The molecule has 1 aliphatic rings. The number of nitrogens with one attached hydrogen (secondary N) is 1. The number of hydrogen-bond acceptors (Lipinski definition) is 4. The zero-order valence-corrected chi connectivity index (χ0v) is 9.81. The van der Waals surface area contributed by atoms with Crippen molar-refractivity contribution in [2.75, 3.05) is 13.2 Å². The van der Waals surface area contributed by atoms with Crippen molar-refractivity contribution in [2.45, 2.75) is 25.8 Å². The lowest BCUT2D eigenvalue weighted by molar-refractivity contribution is -0.386. The standard InChI is InChI=1S/C12H16N2O3/c1-9-4-2-6-11(12(9)14(15)16)17-8-10-5-3-7-13-10/h2,4,6,10,13H,3,5,7-8H2,1H3. The first-order chi connectivity index (χ1) is 8.18. The van der Waals surface area contributed by atoms with Crippen LogP contribution in [0.3, 0.4) is 0 Å². The van der Waals surface area contributed by atoms with E-state index in [9.17, 15) is 10.1 Å². The topological polar surface area (TPSA) is 64.4 Å². The average Bonchev–Trinajstić information content (AvgIpc) is 2.78. The molecule has 92 valence electrons. The van der Waals surface area contributed by atoms with Crippen LogP contribution in [0.4, 0.5) is 5.69 Å². The van der Waals surface area contributed by atoms with Crippen molar-refractivity contribution in [1.82, 2.24) is 5.32 Å². The quantitative estimate of drug-likeness (QED) is 0.641. The van der Waals surface area contributed by atoms with Crippen LogP contribution >= 0.6 is 0 Å². The normalized spacial score (nSPS) is 19.2.